The number of aromatic nitrogens is 1. The van der Waals surface area contributed by atoms with Crippen LogP contribution in [0.2, 0.25) is 0 Å². The average molecular weight is 269 g/mol. The van der Waals surface area contributed by atoms with Crippen LogP contribution in [0.4, 0.5) is 0 Å². The molecule has 104 valence electrons. The minimum absolute atomic E-state index is 0.0620. The Bertz CT molecular complexity index is 633. The first-order valence-electron chi connectivity index (χ1n) is 7.09. The fraction of sp³-hybridized carbons (Fsp3) is 0.375. The van der Waals surface area contributed by atoms with Gasteiger partial charge in [-0.1, -0.05) is 6.07 Å². The van der Waals surface area contributed by atoms with Crippen LogP contribution in [0.5, 0.6) is 0 Å². The van der Waals surface area contributed by atoms with E-state index in [9.17, 15) is 4.79 Å². The van der Waals surface area contributed by atoms with Crippen LogP contribution < -0.4 is 5.32 Å². The molecule has 0 bridgehead atoms. The Morgan fingerprint density at radius 1 is 1.25 bits per heavy atom. The maximum Gasteiger partial charge on any atom is 0.251 e. The quantitative estimate of drug-likeness (QED) is 0.929. The standard InChI is InChI=1S/C16H19N3O/c1-17-16(20)13-5-4-12-9-15(18-10-14(12)8-13)11-19-6-2-3-7-19/h4-5,8-10H,2-3,6-7,11H2,1H3,(H,17,20). The van der Waals surface area contributed by atoms with Crippen molar-refractivity contribution in [3.63, 3.8) is 0 Å². The summed E-state index contributed by atoms with van der Waals surface area (Å²) in [7, 11) is 1.64. The second-order valence-corrected chi connectivity index (χ2v) is 5.30. The summed E-state index contributed by atoms with van der Waals surface area (Å²) in [6.45, 7) is 3.28. The molecular weight excluding hydrogens is 250 g/mol. The highest BCUT2D eigenvalue weighted by molar-refractivity contribution is 5.98. The van der Waals surface area contributed by atoms with Crippen molar-refractivity contribution >= 4 is 16.7 Å². The highest BCUT2D eigenvalue weighted by Gasteiger charge is 2.12. The molecule has 0 saturated carbocycles. The van der Waals surface area contributed by atoms with Crippen molar-refractivity contribution in [3.05, 3.63) is 41.7 Å². The molecule has 2 aromatic rings. The average Bonchev–Trinajstić information content (AvgIpc) is 2.98. The minimum Gasteiger partial charge on any atom is -0.355 e. The number of amides is 1. The Morgan fingerprint density at radius 2 is 2.05 bits per heavy atom. The zero-order chi connectivity index (χ0) is 13.9. The summed E-state index contributed by atoms with van der Waals surface area (Å²) >= 11 is 0. The van der Waals surface area contributed by atoms with Gasteiger partial charge in [0.05, 0.1) is 5.69 Å². The van der Waals surface area contributed by atoms with Gasteiger partial charge in [0.15, 0.2) is 0 Å². The Hall–Kier alpha value is -1.94. The zero-order valence-electron chi connectivity index (χ0n) is 11.7. The summed E-state index contributed by atoms with van der Waals surface area (Å²) in [5.74, 6) is -0.0620. The molecule has 1 N–H and O–H groups in total. The number of likely N-dealkylation sites (tertiary alicyclic amines) is 1. The molecule has 1 amide bonds. The molecule has 1 fully saturated rings. The first kappa shape index (κ1) is 13.1. The third-order valence-corrected chi connectivity index (χ3v) is 3.85. The maximum absolute atomic E-state index is 11.6. The second-order valence-electron chi connectivity index (χ2n) is 5.30. The van der Waals surface area contributed by atoms with E-state index in [0.717, 1.165) is 23.0 Å². The van der Waals surface area contributed by atoms with E-state index in [0.29, 0.717) is 5.56 Å². The maximum atomic E-state index is 11.6. The van der Waals surface area contributed by atoms with Gasteiger partial charge in [0, 0.05) is 30.7 Å². The van der Waals surface area contributed by atoms with Gasteiger partial charge in [-0.15, -0.1) is 0 Å². The Morgan fingerprint density at radius 3 is 2.80 bits per heavy atom. The van der Waals surface area contributed by atoms with Gasteiger partial charge in [0.1, 0.15) is 0 Å². The predicted octanol–water partition coefficient (Wildman–Crippen LogP) is 2.19. The predicted molar refractivity (Wildman–Crippen MR) is 79.6 cm³/mol. The molecule has 0 atom stereocenters. The Balaban J connectivity index is 1.86. The second kappa shape index (κ2) is 5.59. The van der Waals surface area contributed by atoms with E-state index >= 15 is 0 Å². The molecule has 0 aliphatic carbocycles. The van der Waals surface area contributed by atoms with Crippen molar-refractivity contribution in [2.24, 2.45) is 0 Å². The van der Waals surface area contributed by atoms with Crippen molar-refractivity contribution in [3.8, 4) is 0 Å². The molecule has 0 spiro atoms. The van der Waals surface area contributed by atoms with Crippen LogP contribution >= 0.6 is 0 Å². The van der Waals surface area contributed by atoms with Gasteiger partial charge in [-0.25, -0.2) is 0 Å². The van der Waals surface area contributed by atoms with Crippen LogP contribution in [0.15, 0.2) is 30.5 Å². The van der Waals surface area contributed by atoms with Crippen molar-refractivity contribution in [2.75, 3.05) is 20.1 Å². The molecule has 1 aliphatic heterocycles. The molecule has 1 aliphatic rings. The minimum atomic E-state index is -0.0620. The lowest BCUT2D eigenvalue weighted by Gasteiger charge is -2.14. The van der Waals surface area contributed by atoms with E-state index in [-0.39, 0.29) is 5.91 Å². The number of benzene rings is 1. The smallest absolute Gasteiger partial charge is 0.251 e. The van der Waals surface area contributed by atoms with Crippen LogP contribution in [0.1, 0.15) is 28.9 Å². The molecule has 0 radical (unpaired) electrons. The largest absolute Gasteiger partial charge is 0.355 e. The van der Waals surface area contributed by atoms with Gasteiger partial charge >= 0.3 is 0 Å². The van der Waals surface area contributed by atoms with E-state index < -0.39 is 0 Å². The van der Waals surface area contributed by atoms with E-state index in [4.69, 9.17) is 0 Å². The monoisotopic (exact) mass is 269 g/mol. The van der Waals surface area contributed by atoms with Crippen LogP contribution in [0, 0.1) is 0 Å². The van der Waals surface area contributed by atoms with E-state index in [1.54, 1.807) is 7.05 Å². The lowest BCUT2D eigenvalue weighted by molar-refractivity contribution is 0.0963. The number of carbonyl (C=O) groups is 1. The highest BCUT2D eigenvalue weighted by atomic mass is 16.1. The number of pyridine rings is 1. The number of nitrogens with one attached hydrogen (secondary N) is 1. The Kier molecular flexibility index (Phi) is 3.65. The number of hydrogen-bond donors (Lipinski definition) is 1. The number of rotatable bonds is 3. The van der Waals surface area contributed by atoms with Gasteiger partial charge < -0.3 is 5.32 Å². The fourth-order valence-electron chi connectivity index (χ4n) is 2.73. The number of hydrogen-bond acceptors (Lipinski definition) is 3. The first-order valence-corrected chi connectivity index (χ1v) is 7.09. The molecule has 1 aromatic carbocycles. The third kappa shape index (κ3) is 2.65. The van der Waals surface area contributed by atoms with Crippen molar-refractivity contribution < 1.29 is 4.79 Å². The van der Waals surface area contributed by atoms with E-state index in [1.807, 2.05) is 24.4 Å². The van der Waals surface area contributed by atoms with Gasteiger partial charge in [-0.2, -0.15) is 0 Å². The molecule has 1 aromatic heterocycles. The normalized spacial score (nSPS) is 15.7. The van der Waals surface area contributed by atoms with Crippen molar-refractivity contribution in [1.82, 2.24) is 15.2 Å². The lowest BCUT2D eigenvalue weighted by Crippen LogP contribution is -2.19. The zero-order valence-corrected chi connectivity index (χ0v) is 11.7. The number of nitrogens with zero attached hydrogens (tertiary/aromatic N) is 2. The first-order chi connectivity index (χ1) is 9.76. The third-order valence-electron chi connectivity index (χ3n) is 3.85. The molecule has 20 heavy (non-hydrogen) atoms. The highest BCUT2D eigenvalue weighted by Crippen LogP contribution is 2.18. The molecule has 0 unspecified atom stereocenters. The van der Waals surface area contributed by atoms with Gasteiger partial charge in [0.2, 0.25) is 0 Å². The summed E-state index contributed by atoms with van der Waals surface area (Å²) < 4.78 is 0. The van der Waals surface area contributed by atoms with Gasteiger partial charge in [-0.3, -0.25) is 14.7 Å². The molecular formula is C16H19N3O. The van der Waals surface area contributed by atoms with Crippen LogP contribution in [-0.4, -0.2) is 35.9 Å². The molecule has 4 heteroatoms. The van der Waals surface area contributed by atoms with E-state index in [1.165, 1.54) is 25.9 Å². The van der Waals surface area contributed by atoms with Crippen LogP contribution in [0.3, 0.4) is 0 Å². The van der Waals surface area contributed by atoms with Crippen LogP contribution in [0.25, 0.3) is 10.8 Å². The topological polar surface area (TPSA) is 45.2 Å². The summed E-state index contributed by atoms with van der Waals surface area (Å²) in [5, 5.41) is 4.79. The summed E-state index contributed by atoms with van der Waals surface area (Å²) in [4.78, 5) is 18.6. The van der Waals surface area contributed by atoms with Crippen molar-refractivity contribution in [1.29, 1.82) is 0 Å². The lowest BCUT2D eigenvalue weighted by atomic mass is 10.1. The number of fused-ring (bicyclic) bond motifs is 1. The van der Waals surface area contributed by atoms with E-state index in [2.05, 4.69) is 21.3 Å². The molecule has 2 heterocycles. The van der Waals surface area contributed by atoms with Gasteiger partial charge in [-0.05, 0) is 49.5 Å². The summed E-state index contributed by atoms with van der Waals surface area (Å²) in [5.41, 5.74) is 1.78. The molecule has 3 rings (SSSR count). The van der Waals surface area contributed by atoms with Crippen molar-refractivity contribution in [2.45, 2.75) is 19.4 Å². The molecule has 4 nitrogen and oxygen atoms in total. The summed E-state index contributed by atoms with van der Waals surface area (Å²) in [6.07, 6.45) is 4.46. The van der Waals surface area contributed by atoms with Crippen LogP contribution in [-0.2, 0) is 6.54 Å². The fourth-order valence-corrected chi connectivity index (χ4v) is 2.73. The molecule has 1 saturated heterocycles. The summed E-state index contributed by atoms with van der Waals surface area (Å²) in [6, 6.07) is 7.87. The number of carbonyl (C=O) groups excluding carboxylic acids is 1. The Labute approximate surface area is 118 Å². The SMILES string of the molecule is CNC(=O)c1ccc2cc(CN3CCCC3)ncc2c1. The van der Waals surface area contributed by atoms with Gasteiger partial charge in [0.25, 0.3) is 5.91 Å².